The van der Waals surface area contributed by atoms with Gasteiger partial charge in [-0.1, -0.05) is 41.0 Å². The number of methoxy groups -OCH3 is 1. The molecule has 0 bridgehead atoms. The zero-order valence-electron chi connectivity index (χ0n) is 18.0. The van der Waals surface area contributed by atoms with Crippen molar-refractivity contribution in [3.8, 4) is 11.5 Å². The number of halogens is 1. The molecule has 1 aromatic heterocycles. The predicted octanol–water partition coefficient (Wildman–Crippen LogP) is 4.99. The Hall–Kier alpha value is -3.52. The molecule has 8 nitrogen and oxygen atoms in total. The highest BCUT2D eigenvalue weighted by atomic mass is 35.5. The summed E-state index contributed by atoms with van der Waals surface area (Å²) >= 11 is 5.91. The summed E-state index contributed by atoms with van der Waals surface area (Å²) in [6, 6.07) is 14.4. The highest BCUT2D eigenvalue weighted by Gasteiger charge is 2.19. The van der Waals surface area contributed by atoms with E-state index >= 15 is 0 Å². The minimum atomic E-state index is -0.771. The van der Waals surface area contributed by atoms with E-state index in [1.54, 1.807) is 32.2 Å². The number of carbonyl (C=O) groups excluding carboxylic acids is 1. The van der Waals surface area contributed by atoms with Crippen LogP contribution in [0.4, 0.5) is 5.82 Å². The molecule has 0 spiro atoms. The van der Waals surface area contributed by atoms with Crippen LogP contribution in [0.3, 0.4) is 0 Å². The molecule has 168 valence electrons. The number of aromatic nitrogens is 1. The average Bonchev–Trinajstić information content (AvgIpc) is 3.21. The van der Waals surface area contributed by atoms with Gasteiger partial charge in [-0.15, -0.1) is 0 Å². The highest BCUT2D eigenvalue weighted by Crippen LogP contribution is 2.28. The molecular formula is C23H24ClN3O5. The summed E-state index contributed by atoms with van der Waals surface area (Å²) in [5.41, 5.74) is 1.71. The van der Waals surface area contributed by atoms with Gasteiger partial charge in [0.05, 0.1) is 13.3 Å². The van der Waals surface area contributed by atoms with Crippen LogP contribution in [0.1, 0.15) is 30.2 Å². The molecule has 1 heterocycles. The maximum Gasteiger partial charge on any atom is 0.269 e. The first-order valence-electron chi connectivity index (χ1n) is 9.97. The quantitative estimate of drug-likeness (QED) is 0.340. The molecule has 0 saturated heterocycles. The largest absolute Gasteiger partial charge is 0.493 e. The number of anilines is 1. The third-order valence-corrected chi connectivity index (χ3v) is 4.68. The first kappa shape index (κ1) is 23.1. The van der Waals surface area contributed by atoms with Crippen LogP contribution in [0.25, 0.3) is 0 Å². The Labute approximate surface area is 191 Å². The van der Waals surface area contributed by atoms with Gasteiger partial charge in [0.2, 0.25) is 6.10 Å². The van der Waals surface area contributed by atoms with E-state index in [0.29, 0.717) is 41.1 Å². The van der Waals surface area contributed by atoms with Gasteiger partial charge in [-0.2, -0.15) is 0 Å². The lowest BCUT2D eigenvalue weighted by molar-refractivity contribution is -0.127. The van der Waals surface area contributed by atoms with Gasteiger partial charge < -0.3 is 24.2 Å². The molecule has 1 unspecified atom stereocenters. The first-order valence-corrected chi connectivity index (χ1v) is 10.3. The topological polar surface area (TPSA) is 95.2 Å². The lowest BCUT2D eigenvalue weighted by Gasteiger charge is -2.12. The fourth-order valence-electron chi connectivity index (χ4n) is 2.73. The second-order valence-corrected chi connectivity index (χ2v) is 7.31. The van der Waals surface area contributed by atoms with Crippen LogP contribution in [0.15, 0.2) is 58.2 Å². The molecule has 1 amide bonds. The van der Waals surface area contributed by atoms with Crippen molar-refractivity contribution in [3.05, 3.63) is 70.4 Å². The Morgan fingerprint density at radius 2 is 2.00 bits per heavy atom. The van der Waals surface area contributed by atoms with E-state index in [1.807, 2.05) is 37.3 Å². The third-order valence-electron chi connectivity index (χ3n) is 4.43. The second kappa shape index (κ2) is 11.2. The molecule has 0 aliphatic heterocycles. The Morgan fingerprint density at radius 3 is 2.66 bits per heavy atom. The Bertz CT molecular complexity index is 1070. The summed E-state index contributed by atoms with van der Waals surface area (Å²) < 4.78 is 16.2. The number of rotatable bonds is 10. The summed E-state index contributed by atoms with van der Waals surface area (Å²) in [7, 11) is 1.56. The molecule has 0 aliphatic rings. The van der Waals surface area contributed by atoms with E-state index < -0.39 is 6.10 Å². The van der Waals surface area contributed by atoms with E-state index in [0.717, 1.165) is 11.1 Å². The van der Waals surface area contributed by atoms with Crippen LogP contribution in [0.2, 0.25) is 5.02 Å². The van der Waals surface area contributed by atoms with Crippen LogP contribution < -0.4 is 14.8 Å². The normalized spacial score (nSPS) is 11.9. The number of hydrogen-bond donors (Lipinski definition) is 1. The monoisotopic (exact) mass is 457 g/mol. The van der Waals surface area contributed by atoms with E-state index in [2.05, 4.69) is 15.6 Å². The number of nitrogens with zero attached hydrogens (tertiary/aromatic N) is 2. The Morgan fingerprint density at radius 1 is 1.22 bits per heavy atom. The maximum atomic E-state index is 12.3. The van der Waals surface area contributed by atoms with Crippen LogP contribution in [0, 0.1) is 6.92 Å². The van der Waals surface area contributed by atoms with Crippen LogP contribution >= 0.6 is 11.6 Å². The molecule has 9 heteroatoms. The van der Waals surface area contributed by atoms with Gasteiger partial charge in [0, 0.05) is 16.7 Å². The Kier molecular flexibility index (Phi) is 8.10. The van der Waals surface area contributed by atoms with Crippen molar-refractivity contribution >= 4 is 29.5 Å². The van der Waals surface area contributed by atoms with Crippen LogP contribution in [0.5, 0.6) is 11.5 Å². The molecule has 0 radical (unpaired) electrons. The second-order valence-electron chi connectivity index (χ2n) is 6.87. The van der Waals surface area contributed by atoms with Crippen LogP contribution in [-0.4, -0.2) is 30.5 Å². The SMILES string of the molecule is CCC(O/N=C/c1ccc(OCc2ccc(Cl)cc2)c(OC)c1)C(=O)Nc1cc(C)on1. The van der Waals surface area contributed by atoms with Gasteiger partial charge in [0.15, 0.2) is 17.3 Å². The number of nitrogens with one attached hydrogen (secondary N) is 1. The molecule has 3 rings (SSSR count). The summed E-state index contributed by atoms with van der Waals surface area (Å²) in [6.45, 7) is 3.94. The minimum absolute atomic E-state index is 0.331. The highest BCUT2D eigenvalue weighted by molar-refractivity contribution is 6.30. The molecule has 0 saturated carbocycles. The predicted molar refractivity (Wildman–Crippen MR) is 121 cm³/mol. The van der Waals surface area contributed by atoms with Crippen molar-refractivity contribution in [1.82, 2.24) is 5.16 Å². The molecule has 32 heavy (non-hydrogen) atoms. The molecular weight excluding hydrogens is 434 g/mol. The molecule has 1 atom stereocenters. The third kappa shape index (κ3) is 6.49. The number of hydrogen-bond acceptors (Lipinski definition) is 7. The van der Waals surface area contributed by atoms with Crippen molar-refractivity contribution in [2.75, 3.05) is 12.4 Å². The van der Waals surface area contributed by atoms with Crippen molar-refractivity contribution in [2.24, 2.45) is 5.16 Å². The van der Waals surface area contributed by atoms with E-state index in [-0.39, 0.29) is 5.91 Å². The Balaban J connectivity index is 1.58. The van der Waals surface area contributed by atoms with Gasteiger partial charge in [-0.25, -0.2) is 0 Å². The minimum Gasteiger partial charge on any atom is -0.493 e. The summed E-state index contributed by atoms with van der Waals surface area (Å²) in [6.07, 6.45) is 1.16. The fraction of sp³-hybridized carbons (Fsp3) is 0.261. The smallest absolute Gasteiger partial charge is 0.269 e. The zero-order valence-corrected chi connectivity index (χ0v) is 18.8. The number of aryl methyl sites for hydroxylation is 1. The average molecular weight is 458 g/mol. The summed E-state index contributed by atoms with van der Waals surface area (Å²) in [5, 5.41) is 11.0. The number of ether oxygens (including phenoxy) is 2. The maximum absolute atomic E-state index is 12.3. The molecule has 0 aliphatic carbocycles. The number of benzene rings is 2. The lowest BCUT2D eigenvalue weighted by Crippen LogP contribution is -2.28. The zero-order chi connectivity index (χ0) is 22.9. The van der Waals surface area contributed by atoms with Gasteiger partial charge in [-0.05, 0) is 49.2 Å². The van der Waals surface area contributed by atoms with Gasteiger partial charge >= 0.3 is 0 Å². The molecule has 2 aromatic carbocycles. The number of oxime groups is 1. The summed E-state index contributed by atoms with van der Waals surface area (Å²) in [5.74, 6) is 1.71. The van der Waals surface area contributed by atoms with Crippen molar-refractivity contribution in [3.63, 3.8) is 0 Å². The fourth-order valence-corrected chi connectivity index (χ4v) is 2.86. The lowest BCUT2D eigenvalue weighted by atomic mass is 10.2. The molecule has 3 aromatic rings. The van der Waals surface area contributed by atoms with Crippen molar-refractivity contribution in [2.45, 2.75) is 33.0 Å². The van der Waals surface area contributed by atoms with Gasteiger partial charge in [-0.3, -0.25) is 4.79 Å². The standard InChI is InChI=1S/C23H24ClN3O5/c1-4-19(23(28)26-22-11-15(2)31-27-22)32-25-13-17-7-10-20(21(12-17)29-3)30-14-16-5-8-18(24)9-6-16/h5-13,19H,4,14H2,1-3H3,(H,26,27,28)/b25-13+. The molecule has 1 N–H and O–H groups in total. The number of carbonyl (C=O) groups is 1. The van der Waals surface area contributed by atoms with E-state index in [9.17, 15) is 4.79 Å². The number of amides is 1. The van der Waals surface area contributed by atoms with Gasteiger partial charge in [0.1, 0.15) is 12.4 Å². The van der Waals surface area contributed by atoms with E-state index in [1.165, 1.54) is 6.21 Å². The summed E-state index contributed by atoms with van der Waals surface area (Å²) in [4.78, 5) is 17.7. The van der Waals surface area contributed by atoms with Crippen molar-refractivity contribution in [1.29, 1.82) is 0 Å². The van der Waals surface area contributed by atoms with Crippen LogP contribution in [-0.2, 0) is 16.2 Å². The van der Waals surface area contributed by atoms with E-state index in [4.69, 9.17) is 30.4 Å². The van der Waals surface area contributed by atoms with Crippen molar-refractivity contribution < 1.29 is 23.6 Å². The first-order chi connectivity index (χ1) is 15.5. The molecule has 0 fully saturated rings. The van der Waals surface area contributed by atoms with Gasteiger partial charge in [0.25, 0.3) is 5.91 Å².